The molecule has 1 fully saturated rings. The number of carbonyl (C=O) groups is 1. The quantitative estimate of drug-likeness (QED) is 0.247. The van der Waals surface area contributed by atoms with Gasteiger partial charge in [-0.1, -0.05) is 48.5 Å². The van der Waals surface area contributed by atoms with Crippen LogP contribution in [0.5, 0.6) is 0 Å². The fourth-order valence-corrected chi connectivity index (χ4v) is 6.08. The molecule has 0 saturated heterocycles. The van der Waals surface area contributed by atoms with E-state index in [-0.39, 0.29) is 17.8 Å². The summed E-state index contributed by atoms with van der Waals surface area (Å²) in [5.74, 6) is -0.571. The zero-order chi connectivity index (χ0) is 27.2. The zero-order valence-electron chi connectivity index (χ0n) is 21.9. The number of carbonyl (C=O) groups excluding carboxylic acids is 1. The molecule has 1 amide bonds. The summed E-state index contributed by atoms with van der Waals surface area (Å²) in [4.78, 5) is 21.5. The van der Waals surface area contributed by atoms with E-state index in [4.69, 9.17) is 10.7 Å². The van der Waals surface area contributed by atoms with Gasteiger partial charge >= 0.3 is 0 Å². The molecule has 198 valence electrons. The summed E-state index contributed by atoms with van der Waals surface area (Å²) in [6.07, 6.45) is 6.50. The fourth-order valence-electron chi connectivity index (χ4n) is 6.08. The van der Waals surface area contributed by atoms with E-state index in [2.05, 4.69) is 63.4 Å². The molecule has 0 spiro atoms. The van der Waals surface area contributed by atoms with E-state index in [1.165, 1.54) is 0 Å². The molecule has 0 atom stereocenters. The first-order valence-corrected chi connectivity index (χ1v) is 13.7. The topological polar surface area (TPSA) is 106 Å². The van der Waals surface area contributed by atoms with Gasteiger partial charge in [-0.05, 0) is 61.6 Å². The number of amides is 1. The molecular weight excluding hydrogens is 498 g/mol. The van der Waals surface area contributed by atoms with E-state index in [1.807, 2.05) is 36.5 Å². The highest BCUT2D eigenvalue weighted by Crippen LogP contribution is 2.39. The second-order valence-electron chi connectivity index (χ2n) is 10.6. The van der Waals surface area contributed by atoms with Crippen LogP contribution in [0.25, 0.3) is 49.5 Å². The Hall–Kier alpha value is -4.75. The molecule has 3 aromatic carbocycles. The molecule has 3 aromatic heterocycles. The van der Waals surface area contributed by atoms with Crippen molar-refractivity contribution in [3.05, 3.63) is 97.0 Å². The average Bonchev–Trinajstić information content (AvgIpc) is 3.32. The molecule has 0 radical (unpaired) electrons. The normalized spacial score (nSPS) is 17.4. The maximum Gasteiger partial charge on any atom is 0.269 e. The Morgan fingerprint density at radius 3 is 2.50 bits per heavy atom. The summed E-state index contributed by atoms with van der Waals surface area (Å²) >= 11 is 0. The van der Waals surface area contributed by atoms with Gasteiger partial charge in [0.15, 0.2) is 5.69 Å². The lowest BCUT2D eigenvalue weighted by Crippen LogP contribution is -2.29. The highest BCUT2D eigenvalue weighted by Gasteiger charge is 2.23. The van der Waals surface area contributed by atoms with Crippen molar-refractivity contribution in [3.8, 4) is 16.8 Å². The van der Waals surface area contributed by atoms with E-state index < -0.39 is 5.91 Å². The van der Waals surface area contributed by atoms with Crippen LogP contribution in [0.2, 0.25) is 0 Å². The highest BCUT2D eigenvalue weighted by atomic mass is 16.3. The van der Waals surface area contributed by atoms with Gasteiger partial charge in [-0.25, -0.2) is 4.98 Å². The van der Waals surface area contributed by atoms with Crippen LogP contribution >= 0.6 is 0 Å². The Labute approximate surface area is 231 Å². The first kappa shape index (κ1) is 24.3. The summed E-state index contributed by atoms with van der Waals surface area (Å²) in [5.41, 5.74) is 12.6. The summed E-state index contributed by atoms with van der Waals surface area (Å²) in [7, 11) is 0. The summed E-state index contributed by atoms with van der Waals surface area (Å²) in [5, 5.41) is 16.8. The van der Waals surface area contributed by atoms with Crippen molar-refractivity contribution in [2.24, 2.45) is 5.73 Å². The van der Waals surface area contributed by atoms with Gasteiger partial charge in [0.1, 0.15) is 0 Å². The molecule has 3 heterocycles. The molecule has 1 aliphatic rings. The predicted molar refractivity (Wildman–Crippen MR) is 160 cm³/mol. The highest BCUT2D eigenvalue weighted by molar-refractivity contribution is 6.16. The predicted octanol–water partition coefficient (Wildman–Crippen LogP) is 6.21. The smallest absolute Gasteiger partial charge is 0.269 e. The Kier molecular flexibility index (Phi) is 5.94. The molecule has 40 heavy (non-hydrogen) atoms. The van der Waals surface area contributed by atoms with E-state index in [1.54, 1.807) is 6.20 Å². The van der Waals surface area contributed by atoms with Crippen molar-refractivity contribution in [1.82, 2.24) is 14.5 Å². The van der Waals surface area contributed by atoms with Crippen LogP contribution < -0.4 is 11.1 Å². The standard InChI is InChI=1S/C33H29N5O2/c34-33(40)32-28(37-22-12-14-24(39)15-13-22)17-23(19-36-32)38-29-10-4-2-7-26(29)31-25(8-5-11-30(31)38)21-16-20-6-1-3-9-27(20)35-18-21/h1-11,16-19,22,24,37,39H,12-15H2,(H2,34,40). The minimum Gasteiger partial charge on any atom is -0.393 e. The maximum absolute atomic E-state index is 12.3. The SMILES string of the molecule is NC(=O)c1ncc(-n2c3ccccc3c3c(-c4cnc5ccccc5c4)cccc32)cc1NC1CCC(O)CC1. The van der Waals surface area contributed by atoms with Crippen molar-refractivity contribution in [3.63, 3.8) is 0 Å². The number of hydrogen-bond acceptors (Lipinski definition) is 5. The van der Waals surface area contributed by atoms with Crippen molar-refractivity contribution in [1.29, 1.82) is 0 Å². The number of fused-ring (bicyclic) bond motifs is 4. The van der Waals surface area contributed by atoms with Crippen LogP contribution in [0.3, 0.4) is 0 Å². The van der Waals surface area contributed by atoms with Gasteiger partial charge in [0.05, 0.1) is 40.2 Å². The number of para-hydroxylation sites is 2. The third-order valence-electron chi connectivity index (χ3n) is 8.02. The lowest BCUT2D eigenvalue weighted by atomic mass is 9.93. The fraction of sp³-hybridized carbons (Fsp3) is 0.182. The number of aliphatic hydroxyl groups excluding tert-OH is 1. The number of aromatic nitrogens is 3. The molecule has 1 aliphatic carbocycles. The number of pyridine rings is 2. The van der Waals surface area contributed by atoms with Crippen LogP contribution in [-0.4, -0.2) is 37.7 Å². The molecule has 1 saturated carbocycles. The molecule has 6 aromatic rings. The first-order chi connectivity index (χ1) is 19.6. The number of hydrogen-bond donors (Lipinski definition) is 3. The molecule has 0 bridgehead atoms. The van der Waals surface area contributed by atoms with Gasteiger partial charge in [-0.15, -0.1) is 0 Å². The molecule has 0 aliphatic heterocycles. The number of anilines is 1. The number of benzene rings is 3. The van der Waals surface area contributed by atoms with Crippen LogP contribution in [0.1, 0.15) is 36.2 Å². The van der Waals surface area contributed by atoms with E-state index in [0.717, 1.165) is 75.2 Å². The van der Waals surface area contributed by atoms with Crippen molar-refractivity contribution < 1.29 is 9.90 Å². The van der Waals surface area contributed by atoms with E-state index in [9.17, 15) is 9.90 Å². The van der Waals surface area contributed by atoms with Crippen LogP contribution in [0.4, 0.5) is 5.69 Å². The largest absolute Gasteiger partial charge is 0.393 e. The minimum atomic E-state index is -0.571. The second kappa shape index (κ2) is 9.77. The van der Waals surface area contributed by atoms with Crippen LogP contribution in [0.15, 0.2) is 91.3 Å². The minimum absolute atomic E-state index is 0.142. The Bertz CT molecular complexity index is 1900. The van der Waals surface area contributed by atoms with Crippen LogP contribution in [-0.2, 0) is 0 Å². The second-order valence-corrected chi connectivity index (χ2v) is 10.6. The Balaban J connectivity index is 1.41. The van der Waals surface area contributed by atoms with Crippen molar-refractivity contribution >= 4 is 44.3 Å². The number of rotatable bonds is 5. The first-order valence-electron chi connectivity index (χ1n) is 13.7. The molecule has 0 unspecified atom stereocenters. The van der Waals surface area contributed by atoms with Gasteiger partial charge in [-0.3, -0.25) is 9.78 Å². The third-order valence-corrected chi connectivity index (χ3v) is 8.02. The van der Waals surface area contributed by atoms with Gasteiger partial charge in [0.2, 0.25) is 0 Å². The molecular formula is C33H29N5O2. The summed E-state index contributed by atoms with van der Waals surface area (Å²) < 4.78 is 2.19. The van der Waals surface area contributed by atoms with Gasteiger partial charge in [-0.2, -0.15) is 0 Å². The van der Waals surface area contributed by atoms with Gasteiger partial charge in [0, 0.05) is 34.0 Å². The van der Waals surface area contributed by atoms with Gasteiger partial charge in [0.25, 0.3) is 5.91 Å². The molecule has 7 rings (SSSR count). The Morgan fingerprint density at radius 2 is 1.65 bits per heavy atom. The van der Waals surface area contributed by atoms with Crippen molar-refractivity contribution in [2.75, 3.05) is 5.32 Å². The lowest BCUT2D eigenvalue weighted by Gasteiger charge is -2.27. The lowest BCUT2D eigenvalue weighted by molar-refractivity contribution is 0.0995. The molecule has 4 N–H and O–H groups in total. The van der Waals surface area contributed by atoms with Crippen molar-refractivity contribution in [2.45, 2.75) is 37.8 Å². The zero-order valence-corrected chi connectivity index (χ0v) is 21.9. The average molecular weight is 528 g/mol. The summed E-state index contributed by atoms with van der Waals surface area (Å²) in [6.45, 7) is 0. The molecule has 7 heteroatoms. The maximum atomic E-state index is 12.3. The number of nitrogens with zero attached hydrogens (tertiary/aromatic N) is 3. The van der Waals surface area contributed by atoms with Crippen LogP contribution in [0, 0.1) is 0 Å². The Morgan fingerprint density at radius 1 is 0.875 bits per heavy atom. The number of aliphatic hydroxyl groups is 1. The van der Waals surface area contributed by atoms with E-state index >= 15 is 0 Å². The van der Waals surface area contributed by atoms with E-state index in [0.29, 0.717) is 5.69 Å². The number of nitrogens with two attached hydrogens (primary N) is 1. The summed E-state index contributed by atoms with van der Waals surface area (Å²) in [6, 6.07) is 27.1. The number of primary amides is 1. The number of nitrogens with one attached hydrogen (secondary N) is 1. The third kappa shape index (κ3) is 4.15. The van der Waals surface area contributed by atoms with Gasteiger partial charge < -0.3 is 20.7 Å². The molecule has 7 nitrogen and oxygen atoms in total. The monoisotopic (exact) mass is 527 g/mol.